The van der Waals surface area contributed by atoms with E-state index >= 15 is 0 Å². The Balaban J connectivity index is 3.26. The van der Waals surface area contributed by atoms with Crippen LogP contribution in [0, 0.1) is 12.3 Å². The number of anilines is 1. The normalized spacial score (nSPS) is 9.24. The van der Waals surface area contributed by atoms with Gasteiger partial charge in [0.05, 0.1) is 11.3 Å². The monoisotopic (exact) mass is 233 g/mol. The first kappa shape index (κ1) is 12.6. The number of hydrogen-bond acceptors (Lipinski definition) is 5. The number of esters is 2. The van der Waals surface area contributed by atoms with Crippen LogP contribution in [-0.4, -0.2) is 11.9 Å². The van der Waals surface area contributed by atoms with Crippen LogP contribution in [0.5, 0.6) is 11.5 Å². The number of ether oxygens (including phenoxy) is 2. The lowest BCUT2D eigenvalue weighted by Crippen LogP contribution is -2.08. The molecule has 0 amide bonds. The predicted molar refractivity (Wildman–Crippen MR) is 61.4 cm³/mol. The molecular formula is C12H11NO4. The van der Waals surface area contributed by atoms with Gasteiger partial charge in [0.15, 0.2) is 11.5 Å². The summed E-state index contributed by atoms with van der Waals surface area (Å²) in [7, 11) is 0. The zero-order chi connectivity index (χ0) is 13.0. The number of nitrogen functional groups attached to an aromatic ring is 1. The first-order valence-electron chi connectivity index (χ1n) is 4.71. The molecule has 0 fully saturated rings. The Kier molecular flexibility index (Phi) is 3.73. The number of hydrogen-bond donors (Lipinski definition) is 1. The predicted octanol–water partition coefficient (Wildman–Crippen LogP) is 1.10. The van der Waals surface area contributed by atoms with Crippen LogP contribution in [-0.2, 0) is 9.59 Å². The van der Waals surface area contributed by atoms with Gasteiger partial charge in [-0.25, -0.2) is 0 Å². The van der Waals surface area contributed by atoms with E-state index in [1.165, 1.54) is 26.0 Å². The molecule has 88 valence electrons. The molecule has 2 N–H and O–H groups in total. The van der Waals surface area contributed by atoms with E-state index in [0.29, 0.717) is 5.56 Å². The molecule has 0 saturated carbocycles. The number of rotatable bonds is 2. The molecule has 0 aliphatic rings. The lowest BCUT2D eigenvalue weighted by Gasteiger charge is -2.10. The van der Waals surface area contributed by atoms with Crippen molar-refractivity contribution in [3.8, 4) is 23.8 Å². The molecule has 0 bridgehead atoms. The molecule has 0 saturated heterocycles. The fourth-order valence-electron chi connectivity index (χ4n) is 1.17. The van der Waals surface area contributed by atoms with E-state index in [1.807, 2.05) is 0 Å². The number of benzene rings is 1. The van der Waals surface area contributed by atoms with Crippen LogP contribution in [0.2, 0.25) is 0 Å². The fraction of sp³-hybridized carbons (Fsp3) is 0.167. The SMILES string of the molecule is C#Cc1cc(OC(C)=O)c(OC(C)=O)cc1N. The highest BCUT2D eigenvalue weighted by atomic mass is 16.6. The Morgan fingerprint density at radius 3 is 2.06 bits per heavy atom. The smallest absolute Gasteiger partial charge is 0.308 e. The molecule has 17 heavy (non-hydrogen) atoms. The van der Waals surface area contributed by atoms with Gasteiger partial charge in [-0.2, -0.15) is 0 Å². The van der Waals surface area contributed by atoms with Gasteiger partial charge in [0.25, 0.3) is 0 Å². The van der Waals surface area contributed by atoms with Gasteiger partial charge in [0.1, 0.15) is 0 Å². The molecule has 1 aromatic rings. The van der Waals surface area contributed by atoms with Crippen LogP contribution in [0.25, 0.3) is 0 Å². The first-order chi connectivity index (χ1) is 7.93. The summed E-state index contributed by atoms with van der Waals surface area (Å²) in [5, 5.41) is 0. The molecule has 0 unspecified atom stereocenters. The Labute approximate surface area is 98.5 Å². The molecule has 1 aromatic carbocycles. The van der Waals surface area contributed by atoms with E-state index in [-0.39, 0.29) is 17.2 Å². The van der Waals surface area contributed by atoms with Gasteiger partial charge in [-0.05, 0) is 0 Å². The molecule has 0 aliphatic carbocycles. The Morgan fingerprint density at radius 2 is 1.65 bits per heavy atom. The lowest BCUT2D eigenvalue weighted by molar-refractivity contribution is -0.134. The van der Waals surface area contributed by atoms with E-state index < -0.39 is 11.9 Å². The third kappa shape index (κ3) is 3.24. The molecule has 1 rings (SSSR count). The minimum atomic E-state index is -0.550. The second-order valence-electron chi connectivity index (χ2n) is 3.22. The molecule has 5 heteroatoms. The largest absolute Gasteiger partial charge is 0.423 e. The molecule has 0 heterocycles. The van der Waals surface area contributed by atoms with Crippen LogP contribution in [0.3, 0.4) is 0 Å². The van der Waals surface area contributed by atoms with E-state index in [9.17, 15) is 9.59 Å². The van der Waals surface area contributed by atoms with Crippen molar-refractivity contribution in [1.29, 1.82) is 0 Å². The van der Waals surface area contributed by atoms with Crippen molar-refractivity contribution >= 4 is 17.6 Å². The highest BCUT2D eigenvalue weighted by Gasteiger charge is 2.13. The lowest BCUT2D eigenvalue weighted by atomic mass is 10.1. The zero-order valence-corrected chi connectivity index (χ0v) is 9.44. The summed E-state index contributed by atoms with van der Waals surface area (Å²) in [6.07, 6.45) is 5.22. The number of terminal acetylenes is 1. The molecular weight excluding hydrogens is 222 g/mol. The van der Waals surface area contributed by atoms with Crippen molar-refractivity contribution in [2.24, 2.45) is 0 Å². The summed E-state index contributed by atoms with van der Waals surface area (Å²) >= 11 is 0. The fourth-order valence-corrected chi connectivity index (χ4v) is 1.17. The summed E-state index contributed by atoms with van der Waals surface area (Å²) in [6.45, 7) is 2.45. The zero-order valence-electron chi connectivity index (χ0n) is 9.44. The summed E-state index contributed by atoms with van der Waals surface area (Å²) < 4.78 is 9.74. The van der Waals surface area contributed by atoms with Gasteiger partial charge in [-0.1, -0.05) is 5.92 Å². The molecule has 0 aromatic heterocycles. The average Bonchev–Trinajstić information content (AvgIpc) is 2.20. The van der Waals surface area contributed by atoms with E-state index in [2.05, 4.69) is 5.92 Å². The van der Waals surface area contributed by atoms with Gasteiger partial charge in [0.2, 0.25) is 0 Å². The van der Waals surface area contributed by atoms with Crippen molar-refractivity contribution in [3.63, 3.8) is 0 Å². The van der Waals surface area contributed by atoms with Crippen molar-refractivity contribution in [1.82, 2.24) is 0 Å². The van der Waals surface area contributed by atoms with Crippen LogP contribution >= 0.6 is 0 Å². The summed E-state index contributed by atoms with van der Waals surface area (Å²) in [5.41, 5.74) is 6.26. The standard InChI is InChI=1S/C12H11NO4/c1-4-9-5-11(16-7(2)14)12(6-10(9)13)17-8(3)15/h1,5-6H,13H2,2-3H3. The van der Waals surface area contributed by atoms with Crippen molar-refractivity contribution in [3.05, 3.63) is 17.7 Å². The molecule has 0 spiro atoms. The van der Waals surface area contributed by atoms with E-state index in [4.69, 9.17) is 21.6 Å². The molecule has 0 aliphatic heterocycles. The highest BCUT2D eigenvalue weighted by molar-refractivity contribution is 5.76. The molecule has 5 nitrogen and oxygen atoms in total. The second-order valence-corrected chi connectivity index (χ2v) is 3.22. The van der Waals surface area contributed by atoms with E-state index in [1.54, 1.807) is 0 Å². The van der Waals surface area contributed by atoms with Crippen LogP contribution in [0.1, 0.15) is 19.4 Å². The third-order valence-electron chi connectivity index (χ3n) is 1.78. The summed E-state index contributed by atoms with van der Waals surface area (Å²) in [4.78, 5) is 21.8. The van der Waals surface area contributed by atoms with Gasteiger partial charge in [0, 0.05) is 26.0 Å². The van der Waals surface area contributed by atoms with E-state index in [0.717, 1.165) is 0 Å². The maximum Gasteiger partial charge on any atom is 0.308 e. The highest BCUT2D eigenvalue weighted by Crippen LogP contribution is 2.32. The van der Waals surface area contributed by atoms with Crippen molar-refractivity contribution in [2.45, 2.75) is 13.8 Å². The van der Waals surface area contributed by atoms with Crippen molar-refractivity contribution in [2.75, 3.05) is 5.73 Å². The van der Waals surface area contributed by atoms with Gasteiger partial charge >= 0.3 is 11.9 Å². The number of carbonyl (C=O) groups is 2. The number of carbonyl (C=O) groups excluding carboxylic acids is 2. The van der Waals surface area contributed by atoms with Gasteiger partial charge < -0.3 is 15.2 Å². The quantitative estimate of drug-likeness (QED) is 0.358. The van der Waals surface area contributed by atoms with Gasteiger partial charge in [-0.3, -0.25) is 9.59 Å². The minimum absolute atomic E-state index is 0.0594. The number of nitrogens with two attached hydrogens (primary N) is 1. The average molecular weight is 233 g/mol. The summed E-state index contributed by atoms with van der Waals surface area (Å²) in [6, 6.07) is 2.71. The van der Waals surface area contributed by atoms with Crippen molar-refractivity contribution < 1.29 is 19.1 Å². The Morgan fingerprint density at radius 1 is 1.18 bits per heavy atom. The van der Waals surface area contributed by atoms with Gasteiger partial charge in [-0.15, -0.1) is 6.42 Å². The maximum absolute atomic E-state index is 10.9. The van der Waals surface area contributed by atoms with Crippen LogP contribution < -0.4 is 15.2 Å². The van der Waals surface area contributed by atoms with Crippen LogP contribution in [0.4, 0.5) is 5.69 Å². The summed E-state index contributed by atoms with van der Waals surface area (Å²) in [5.74, 6) is 1.36. The second kappa shape index (κ2) is 5.03. The first-order valence-corrected chi connectivity index (χ1v) is 4.71. The Bertz CT molecular complexity index is 514. The third-order valence-corrected chi connectivity index (χ3v) is 1.78. The molecule has 0 radical (unpaired) electrons. The molecule has 0 atom stereocenters. The minimum Gasteiger partial charge on any atom is -0.423 e. The maximum atomic E-state index is 10.9. The topological polar surface area (TPSA) is 78.6 Å². The Hall–Kier alpha value is -2.48. The van der Waals surface area contributed by atoms with Crippen LogP contribution in [0.15, 0.2) is 12.1 Å².